The third kappa shape index (κ3) is 5.27. The van der Waals surface area contributed by atoms with Crippen molar-refractivity contribution >= 4 is 23.8 Å². The molecule has 0 saturated carbocycles. The summed E-state index contributed by atoms with van der Waals surface area (Å²) in [6, 6.07) is 5.83. The molecule has 0 bridgehead atoms. The van der Waals surface area contributed by atoms with E-state index in [0.29, 0.717) is 0 Å². The topological polar surface area (TPSA) is 81.4 Å². The second kappa shape index (κ2) is 7.44. The van der Waals surface area contributed by atoms with Crippen LogP contribution in [0.3, 0.4) is 0 Å². The highest BCUT2D eigenvalue weighted by atomic mass is 19.4. The van der Waals surface area contributed by atoms with Crippen molar-refractivity contribution in [2.24, 2.45) is 0 Å². The molecule has 126 valence electrons. The van der Waals surface area contributed by atoms with Crippen LogP contribution in [0.25, 0.3) is 6.08 Å². The van der Waals surface area contributed by atoms with Gasteiger partial charge in [0.05, 0.1) is 5.56 Å². The first-order chi connectivity index (χ1) is 11.3. The minimum absolute atomic E-state index is 0.163. The molecule has 1 aromatic carbocycles. The number of ether oxygens (including phenoxy) is 1. The molecule has 1 amide bonds. The highest BCUT2D eigenvalue weighted by molar-refractivity contribution is 5.93. The van der Waals surface area contributed by atoms with Crippen LogP contribution in [0.15, 0.2) is 47.2 Å². The average molecular weight is 340 g/mol. The fraction of sp³-hybridized carbons (Fsp3) is 0.133. The van der Waals surface area contributed by atoms with Crippen molar-refractivity contribution in [3.63, 3.8) is 0 Å². The van der Waals surface area contributed by atoms with E-state index in [4.69, 9.17) is 0 Å². The number of nitrogens with zero attached hydrogens (tertiary/aromatic N) is 1. The summed E-state index contributed by atoms with van der Waals surface area (Å²) >= 11 is 0. The lowest BCUT2D eigenvalue weighted by atomic mass is 10.1. The molecule has 6 nitrogen and oxygen atoms in total. The molecule has 1 heterocycles. The van der Waals surface area contributed by atoms with Crippen LogP contribution in [-0.2, 0) is 20.5 Å². The van der Waals surface area contributed by atoms with Gasteiger partial charge in [0.15, 0.2) is 12.4 Å². The van der Waals surface area contributed by atoms with Crippen molar-refractivity contribution in [3.05, 3.63) is 53.8 Å². The first-order valence-corrected chi connectivity index (χ1v) is 6.57. The second-order valence-corrected chi connectivity index (χ2v) is 4.50. The monoisotopic (exact) mass is 340 g/mol. The summed E-state index contributed by atoms with van der Waals surface area (Å²) in [6.45, 7) is -0.571. The zero-order valence-corrected chi connectivity index (χ0v) is 12.0. The van der Waals surface area contributed by atoms with Gasteiger partial charge in [-0.25, -0.2) is 4.79 Å². The summed E-state index contributed by atoms with van der Waals surface area (Å²) in [7, 11) is 0. The molecule has 0 radical (unpaired) electrons. The number of amides is 1. The van der Waals surface area contributed by atoms with Crippen LogP contribution in [0.1, 0.15) is 11.1 Å². The van der Waals surface area contributed by atoms with Crippen LogP contribution in [0.5, 0.6) is 0 Å². The summed E-state index contributed by atoms with van der Waals surface area (Å²) in [5.74, 6) is -1.34. The van der Waals surface area contributed by atoms with E-state index in [2.05, 4.69) is 19.7 Å². The number of halogens is 3. The number of anilines is 1. The Bertz CT molecular complexity index is 739. The normalized spacial score (nSPS) is 11.5. The van der Waals surface area contributed by atoms with Gasteiger partial charge in [-0.05, 0) is 23.8 Å². The van der Waals surface area contributed by atoms with Crippen LogP contribution in [0.2, 0.25) is 0 Å². The van der Waals surface area contributed by atoms with Crippen LogP contribution >= 0.6 is 0 Å². The summed E-state index contributed by atoms with van der Waals surface area (Å²) in [5.41, 5.74) is -0.654. The fourth-order valence-corrected chi connectivity index (χ4v) is 1.62. The number of benzene rings is 1. The van der Waals surface area contributed by atoms with Gasteiger partial charge in [0.25, 0.3) is 5.91 Å². The van der Waals surface area contributed by atoms with Crippen molar-refractivity contribution in [1.29, 1.82) is 0 Å². The van der Waals surface area contributed by atoms with Crippen molar-refractivity contribution in [3.8, 4) is 0 Å². The van der Waals surface area contributed by atoms with Gasteiger partial charge in [-0.15, -0.1) is 0 Å². The first-order valence-electron chi connectivity index (χ1n) is 6.57. The Morgan fingerprint density at radius 2 is 2.08 bits per heavy atom. The van der Waals surface area contributed by atoms with Gasteiger partial charge in [-0.2, -0.15) is 13.2 Å². The van der Waals surface area contributed by atoms with E-state index in [1.165, 1.54) is 24.5 Å². The third-order valence-electron chi connectivity index (χ3n) is 2.68. The number of alkyl halides is 3. The maximum absolute atomic E-state index is 12.6. The molecule has 1 aromatic heterocycles. The Morgan fingerprint density at radius 3 is 2.75 bits per heavy atom. The predicted octanol–water partition coefficient (Wildman–Crippen LogP) is 2.89. The molecular weight excluding hydrogens is 329 g/mol. The van der Waals surface area contributed by atoms with Crippen molar-refractivity contribution in [1.82, 2.24) is 5.16 Å². The molecule has 2 rings (SSSR count). The summed E-state index contributed by atoms with van der Waals surface area (Å²) in [5, 5.41) is 5.74. The largest absolute Gasteiger partial charge is 0.452 e. The summed E-state index contributed by atoms with van der Waals surface area (Å²) in [6.07, 6.45) is -1.13. The van der Waals surface area contributed by atoms with E-state index < -0.39 is 30.2 Å². The fourth-order valence-electron chi connectivity index (χ4n) is 1.62. The number of hydrogen-bond donors (Lipinski definition) is 1. The Kier molecular flexibility index (Phi) is 5.35. The van der Waals surface area contributed by atoms with Crippen LogP contribution in [0, 0.1) is 0 Å². The maximum Gasteiger partial charge on any atom is 0.416 e. The molecule has 0 saturated heterocycles. The summed E-state index contributed by atoms with van der Waals surface area (Å²) < 4.78 is 46.8. The van der Waals surface area contributed by atoms with Gasteiger partial charge >= 0.3 is 12.1 Å². The van der Waals surface area contributed by atoms with Gasteiger partial charge in [0, 0.05) is 12.1 Å². The Hall–Kier alpha value is -3.10. The molecule has 24 heavy (non-hydrogen) atoms. The predicted molar refractivity (Wildman–Crippen MR) is 76.6 cm³/mol. The molecule has 0 fully saturated rings. The highest BCUT2D eigenvalue weighted by Gasteiger charge is 2.30. The smallest absolute Gasteiger partial charge is 0.416 e. The van der Waals surface area contributed by atoms with Gasteiger partial charge in [-0.1, -0.05) is 17.3 Å². The molecule has 2 aromatic rings. The quantitative estimate of drug-likeness (QED) is 0.669. The highest BCUT2D eigenvalue weighted by Crippen LogP contribution is 2.29. The van der Waals surface area contributed by atoms with E-state index in [0.717, 1.165) is 24.3 Å². The van der Waals surface area contributed by atoms with Crippen molar-refractivity contribution in [2.75, 3.05) is 11.9 Å². The van der Waals surface area contributed by atoms with Crippen LogP contribution < -0.4 is 5.32 Å². The molecule has 0 aliphatic rings. The summed E-state index contributed by atoms with van der Waals surface area (Å²) in [4.78, 5) is 22.9. The lowest BCUT2D eigenvalue weighted by Crippen LogP contribution is -2.20. The standard InChI is InChI=1S/C15H11F3N2O4/c16-15(17,18)11-3-1-2-10(8-11)4-5-14(22)23-9-13(21)19-12-6-7-24-20-12/h1-8H,9H2,(H,19,20,21)/b5-4+. The van der Waals surface area contributed by atoms with E-state index in [1.54, 1.807) is 0 Å². The molecule has 0 atom stereocenters. The van der Waals surface area contributed by atoms with E-state index in [-0.39, 0.29) is 11.4 Å². The van der Waals surface area contributed by atoms with Gasteiger partial charge < -0.3 is 14.6 Å². The second-order valence-electron chi connectivity index (χ2n) is 4.50. The van der Waals surface area contributed by atoms with E-state index in [9.17, 15) is 22.8 Å². The first kappa shape index (κ1) is 17.3. The Labute approximate surface area is 133 Å². The molecule has 9 heteroatoms. The molecule has 0 aliphatic carbocycles. The Balaban J connectivity index is 1.85. The Morgan fingerprint density at radius 1 is 1.29 bits per heavy atom. The van der Waals surface area contributed by atoms with E-state index in [1.807, 2.05) is 0 Å². The third-order valence-corrected chi connectivity index (χ3v) is 2.68. The van der Waals surface area contributed by atoms with Crippen molar-refractivity contribution < 1.29 is 32.0 Å². The zero-order valence-electron chi connectivity index (χ0n) is 12.0. The molecular formula is C15H11F3N2O4. The lowest BCUT2D eigenvalue weighted by Gasteiger charge is -2.06. The zero-order chi connectivity index (χ0) is 17.6. The number of nitrogens with one attached hydrogen (secondary N) is 1. The molecule has 0 spiro atoms. The van der Waals surface area contributed by atoms with Crippen LogP contribution in [-0.4, -0.2) is 23.6 Å². The lowest BCUT2D eigenvalue weighted by molar-refractivity contribution is -0.142. The van der Waals surface area contributed by atoms with E-state index >= 15 is 0 Å². The number of carbonyl (C=O) groups is 2. The number of esters is 1. The maximum atomic E-state index is 12.6. The van der Waals surface area contributed by atoms with Crippen molar-refractivity contribution in [2.45, 2.75) is 6.18 Å². The number of hydrogen-bond acceptors (Lipinski definition) is 5. The SMILES string of the molecule is O=C(COC(=O)/C=C/c1cccc(C(F)(F)F)c1)Nc1ccon1. The molecule has 0 aliphatic heterocycles. The number of aromatic nitrogens is 1. The van der Waals surface area contributed by atoms with Gasteiger partial charge in [0.1, 0.15) is 6.26 Å². The minimum atomic E-state index is -4.47. The van der Waals surface area contributed by atoms with Gasteiger partial charge in [-0.3, -0.25) is 4.79 Å². The minimum Gasteiger partial charge on any atom is -0.452 e. The molecule has 0 unspecified atom stereocenters. The van der Waals surface area contributed by atoms with Crippen LogP contribution in [0.4, 0.5) is 19.0 Å². The number of rotatable bonds is 5. The van der Waals surface area contributed by atoms with Gasteiger partial charge in [0.2, 0.25) is 0 Å². The number of carbonyl (C=O) groups excluding carboxylic acids is 2. The average Bonchev–Trinajstić information content (AvgIpc) is 3.03. The molecule has 1 N–H and O–H groups in total.